The number of nitrogens with one attached hydrogen (secondary N) is 2. The van der Waals surface area contributed by atoms with E-state index in [2.05, 4.69) is 29.4 Å². The maximum atomic E-state index is 14.6. The van der Waals surface area contributed by atoms with Gasteiger partial charge in [-0.25, -0.2) is 4.39 Å². The third-order valence-corrected chi connectivity index (χ3v) is 7.88. The molecule has 2 aliphatic rings. The predicted molar refractivity (Wildman–Crippen MR) is 136 cm³/mol. The first-order chi connectivity index (χ1) is 15.7. The first kappa shape index (κ1) is 24.4. The van der Waals surface area contributed by atoms with Gasteiger partial charge in [-0.05, 0) is 58.2 Å². The van der Waals surface area contributed by atoms with Gasteiger partial charge in [0.25, 0.3) is 11.8 Å². The Morgan fingerprint density at radius 2 is 2.03 bits per heavy atom. The third kappa shape index (κ3) is 5.33. The number of rotatable bonds is 5. The van der Waals surface area contributed by atoms with Crippen LogP contribution in [0.3, 0.4) is 0 Å². The molecule has 0 saturated carbocycles. The molecule has 1 saturated heterocycles. The molecular formula is C23H28FIN4O3S. The second-order valence-electron chi connectivity index (χ2n) is 9.24. The average Bonchev–Trinajstić information content (AvgIpc) is 3.06. The molecule has 0 radical (unpaired) electrons. The maximum absolute atomic E-state index is 14.6. The summed E-state index contributed by atoms with van der Waals surface area (Å²) in [7, 11) is 0. The Kier molecular flexibility index (Phi) is 7.27. The molecule has 2 amide bonds. The van der Waals surface area contributed by atoms with Crippen LogP contribution in [0.5, 0.6) is 0 Å². The fraction of sp³-hybridized carbons (Fsp3) is 0.478. The van der Waals surface area contributed by atoms with Crippen molar-refractivity contribution in [3.63, 3.8) is 0 Å². The van der Waals surface area contributed by atoms with Crippen LogP contribution < -0.4 is 10.6 Å². The Balaban J connectivity index is 1.73. The van der Waals surface area contributed by atoms with E-state index in [1.165, 1.54) is 17.4 Å². The lowest BCUT2D eigenvalue weighted by molar-refractivity contribution is 0.0615. The van der Waals surface area contributed by atoms with Crippen LogP contribution in [0.25, 0.3) is 0 Å². The smallest absolute Gasteiger partial charge is 0.261 e. The minimum atomic E-state index is -0.411. The molecule has 2 aromatic rings. The quantitative estimate of drug-likeness (QED) is 0.469. The minimum absolute atomic E-state index is 0.0891. The number of carbonyl (C=O) groups excluding carboxylic acids is 2. The number of hydrogen-bond acceptors (Lipinski definition) is 6. The zero-order valence-electron chi connectivity index (χ0n) is 18.7. The van der Waals surface area contributed by atoms with Crippen LogP contribution in [0, 0.1) is 14.8 Å². The molecule has 10 heteroatoms. The van der Waals surface area contributed by atoms with E-state index in [9.17, 15) is 19.1 Å². The summed E-state index contributed by atoms with van der Waals surface area (Å²) in [6, 6.07) is 4.87. The van der Waals surface area contributed by atoms with Crippen LogP contribution in [0.4, 0.5) is 15.1 Å². The lowest BCUT2D eigenvalue weighted by Crippen LogP contribution is -2.49. The normalized spacial score (nSPS) is 18.5. The van der Waals surface area contributed by atoms with E-state index < -0.39 is 5.82 Å². The number of halogens is 2. The summed E-state index contributed by atoms with van der Waals surface area (Å²) in [5, 5.41) is 15.8. The molecule has 0 bridgehead atoms. The van der Waals surface area contributed by atoms with Gasteiger partial charge < -0.3 is 20.6 Å². The van der Waals surface area contributed by atoms with Crippen LogP contribution in [0.2, 0.25) is 0 Å². The number of hydrogen-bond donors (Lipinski definition) is 3. The molecule has 0 unspecified atom stereocenters. The van der Waals surface area contributed by atoms with Crippen molar-refractivity contribution in [2.45, 2.75) is 20.3 Å². The predicted octanol–water partition coefficient (Wildman–Crippen LogP) is 3.30. The lowest BCUT2D eigenvalue weighted by Gasteiger charge is -2.34. The van der Waals surface area contributed by atoms with Crippen LogP contribution in [-0.4, -0.2) is 72.6 Å². The van der Waals surface area contributed by atoms with Gasteiger partial charge in [-0.3, -0.25) is 14.5 Å². The van der Waals surface area contributed by atoms with Crippen molar-refractivity contribution in [1.29, 1.82) is 0 Å². The van der Waals surface area contributed by atoms with Gasteiger partial charge in [0, 0.05) is 42.8 Å². The Hall–Kier alpha value is -1.76. The number of thiophene rings is 1. The number of benzene rings is 1. The van der Waals surface area contributed by atoms with Crippen molar-refractivity contribution in [3.05, 3.63) is 43.6 Å². The van der Waals surface area contributed by atoms with Crippen molar-refractivity contribution < 1.29 is 19.1 Å². The largest absolute Gasteiger partial charge is 0.395 e. The molecule has 0 aliphatic carbocycles. The van der Waals surface area contributed by atoms with Crippen LogP contribution in [-0.2, 0) is 6.42 Å². The molecule has 1 fully saturated rings. The van der Waals surface area contributed by atoms with E-state index in [4.69, 9.17) is 0 Å². The summed E-state index contributed by atoms with van der Waals surface area (Å²) in [6.45, 7) is 7.76. The van der Waals surface area contributed by atoms with Crippen LogP contribution >= 0.6 is 33.9 Å². The van der Waals surface area contributed by atoms with Gasteiger partial charge in [-0.2, -0.15) is 0 Å². The second kappa shape index (κ2) is 9.85. The topological polar surface area (TPSA) is 84.9 Å². The van der Waals surface area contributed by atoms with E-state index in [1.54, 1.807) is 17.0 Å². The Bertz CT molecular complexity index is 1070. The van der Waals surface area contributed by atoms with Crippen LogP contribution in [0.15, 0.2) is 18.2 Å². The van der Waals surface area contributed by atoms with Gasteiger partial charge in [0.15, 0.2) is 0 Å². The monoisotopic (exact) mass is 586 g/mol. The molecule has 4 rings (SSSR count). The van der Waals surface area contributed by atoms with Crippen molar-refractivity contribution >= 4 is 56.4 Å². The number of carbonyl (C=O) groups is 2. The number of aliphatic hydroxyl groups is 1. The highest BCUT2D eigenvalue weighted by Crippen LogP contribution is 2.41. The Labute approximate surface area is 210 Å². The summed E-state index contributed by atoms with van der Waals surface area (Å²) < 4.78 is 15.4. The summed E-state index contributed by atoms with van der Waals surface area (Å²) in [6.07, 6.45) is 0.569. The highest BCUT2D eigenvalue weighted by Gasteiger charge is 2.36. The SMILES string of the molecule is CC1(C)CNC(=O)c2sc(Nc3ccc(I)cc3F)c(C(=O)N3CCN(CCO)CC3)c2C1. The first-order valence-corrected chi connectivity index (χ1v) is 12.9. The number of amides is 2. The first-order valence-electron chi connectivity index (χ1n) is 11.0. The summed E-state index contributed by atoms with van der Waals surface area (Å²) in [5.41, 5.74) is 1.25. The number of aliphatic hydroxyl groups excluding tert-OH is 1. The number of β-amino-alcohol motifs (C(OH)–C–C–N with tert-alkyl or cyclic N) is 1. The molecule has 0 spiro atoms. The Morgan fingerprint density at radius 3 is 2.70 bits per heavy atom. The number of anilines is 2. The molecule has 1 aromatic carbocycles. The highest BCUT2D eigenvalue weighted by molar-refractivity contribution is 14.1. The minimum Gasteiger partial charge on any atom is -0.395 e. The molecule has 2 aliphatic heterocycles. The molecule has 0 atom stereocenters. The summed E-state index contributed by atoms with van der Waals surface area (Å²) in [5.74, 6) is -0.750. The average molecular weight is 586 g/mol. The zero-order valence-corrected chi connectivity index (χ0v) is 21.7. The van der Waals surface area contributed by atoms with Gasteiger partial charge in [-0.15, -0.1) is 11.3 Å². The molecule has 1 aromatic heterocycles. The Morgan fingerprint density at radius 1 is 1.30 bits per heavy atom. The molecule has 3 N–H and O–H groups in total. The van der Waals surface area contributed by atoms with Gasteiger partial charge in [0.2, 0.25) is 0 Å². The van der Waals surface area contributed by atoms with E-state index in [0.29, 0.717) is 61.1 Å². The van der Waals surface area contributed by atoms with E-state index in [-0.39, 0.29) is 29.5 Å². The fourth-order valence-electron chi connectivity index (χ4n) is 4.26. The number of nitrogens with zero attached hydrogens (tertiary/aromatic N) is 2. The van der Waals surface area contributed by atoms with E-state index >= 15 is 0 Å². The zero-order chi connectivity index (χ0) is 23.8. The molecule has 33 heavy (non-hydrogen) atoms. The summed E-state index contributed by atoms with van der Waals surface area (Å²) >= 11 is 3.26. The van der Waals surface area contributed by atoms with Crippen molar-refractivity contribution in [1.82, 2.24) is 15.1 Å². The van der Waals surface area contributed by atoms with Crippen molar-refractivity contribution in [2.24, 2.45) is 5.41 Å². The standard InChI is InChI=1S/C23H28FIN4O3S/c1-23(2)12-15-18(22(32)29-7-5-28(6-8-29)9-10-30)21(33-19(15)20(31)26-13-23)27-17-4-3-14(25)11-16(17)24/h3-4,11,27,30H,5-10,12-13H2,1-2H3,(H,26,31). The van der Waals surface area contributed by atoms with Gasteiger partial charge in [0.1, 0.15) is 10.8 Å². The lowest BCUT2D eigenvalue weighted by atomic mass is 9.85. The van der Waals surface area contributed by atoms with Crippen molar-refractivity contribution in [2.75, 3.05) is 51.2 Å². The number of fused-ring (bicyclic) bond motifs is 1. The fourth-order valence-corrected chi connectivity index (χ4v) is 5.85. The molecule has 7 nitrogen and oxygen atoms in total. The molecule has 178 valence electrons. The summed E-state index contributed by atoms with van der Waals surface area (Å²) in [4.78, 5) is 31.1. The second-order valence-corrected chi connectivity index (χ2v) is 11.5. The highest BCUT2D eigenvalue weighted by atomic mass is 127. The molecule has 3 heterocycles. The van der Waals surface area contributed by atoms with Gasteiger partial charge in [0.05, 0.1) is 22.7 Å². The van der Waals surface area contributed by atoms with Gasteiger partial charge in [-0.1, -0.05) is 13.8 Å². The van der Waals surface area contributed by atoms with Crippen LogP contribution in [0.1, 0.15) is 39.4 Å². The van der Waals surface area contributed by atoms with E-state index in [1.807, 2.05) is 22.6 Å². The van der Waals surface area contributed by atoms with E-state index in [0.717, 1.165) is 9.13 Å². The third-order valence-electron chi connectivity index (χ3n) is 6.07. The van der Waals surface area contributed by atoms with Crippen molar-refractivity contribution in [3.8, 4) is 0 Å². The van der Waals surface area contributed by atoms with Gasteiger partial charge >= 0.3 is 0 Å². The molecular weight excluding hydrogens is 558 g/mol. The number of piperazine rings is 1. The maximum Gasteiger partial charge on any atom is 0.261 e.